The second kappa shape index (κ2) is 16.1. The van der Waals surface area contributed by atoms with Crippen molar-refractivity contribution in [1.82, 2.24) is 5.32 Å². The Morgan fingerprint density at radius 2 is 1.56 bits per heavy atom. The molecule has 2 aromatic rings. The predicted molar refractivity (Wildman–Crippen MR) is 144 cm³/mol. The number of carbonyl (C=O) groups excluding carboxylic acids is 1. The van der Waals surface area contributed by atoms with Crippen molar-refractivity contribution in [3.63, 3.8) is 0 Å². The molecule has 2 atom stereocenters. The van der Waals surface area contributed by atoms with Crippen LogP contribution in [0.1, 0.15) is 76.6 Å². The number of unbranched alkanes of at least 4 members (excludes halogenated alkanes) is 1. The van der Waals surface area contributed by atoms with Crippen molar-refractivity contribution in [2.75, 3.05) is 13.2 Å². The van der Waals surface area contributed by atoms with Crippen LogP contribution < -0.4 is 15.8 Å². The fourth-order valence-corrected chi connectivity index (χ4v) is 3.37. The summed E-state index contributed by atoms with van der Waals surface area (Å²) in [4.78, 5) is 23.7. The zero-order valence-corrected chi connectivity index (χ0v) is 23.3. The molecule has 0 saturated carbocycles. The summed E-state index contributed by atoms with van der Waals surface area (Å²) in [5.41, 5.74) is 5.97. The van der Waals surface area contributed by atoms with E-state index in [1.54, 1.807) is 31.2 Å². The summed E-state index contributed by atoms with van der Waals surface area (Å²) in [5, 5.41) is 12.0. The predicted octanol–water partition coefficient (Wildman–Crippen LogP) is 5.91. The number of benzene rings is 2. The van der Waals surface area contributed by atoms with Gasteiger partial charge >= 0.3 is 12.1 Å². The topological polar surface area (TPSA) is 111 Å². The normalized spacial score (nSPS) is 13.1. The van der Waals surface area contributed by atoms with E-state index in [0.29, 0.717) is 24.3 Å². The quantitative estimate of drug-likeness (QED) is 0.284. The Labute approximate surface area is 228 Å². The number of alkyl halides is 3. The number of nitrogens with two attached hydrogens (primary N) is 1. The lowest BCUT2D eigenvalue weighted by molar-refractivity contribution is -0.150. The van der Waals surface area contributed by atoms with E-state index in [1.807, 2.05) is 27.7 Å². The van der Waals surface area contributed by atoms with Crippen LogP contribution >= 0.6 is 0 Å². The molecule has 0 heterocycles. The molecule has 0 fully saturated rings. The summed E-state index contributed by atoms with van der Waals surface area (Å²) in [5.74, 6) is -1.00. The minimum Gasteiger partial charge on any atom is -0.484 e. The van der Waals surface area contributed by atoms with Crippen LogP contribution in [0.4, 0.5) is 13.2 Å². The third-order valence-corrected chi connectivity index (χ3v) is 5.18. The molecule has 1 amide bonds. The second-order valence-electron chi connectivity index (χ2n) is 10.2. The highest BCUT2D eigenvalue weighted by atomic mass is 19.4. The van der Waals surface area contributed by atoms with Crippen LogP contribution in [0.15, 0.2) is 48.5 Å². The number of carbonyl (C=O) groups is 2. The Hall–Kier alpha value is -3.11. The van der Waals surface area contributed by atoms with Gasteiger partial charge in [0.15, 0.2) is 12.7 Å². The molecule has 0 aliphatic heterocycles. The van der Waals surface area contributed by atoms with Gasteiger partial charge in [-0.25, -0.2) is 4.79 Å². The van der Waals surface area contributed by atoms with Crippen molar-refractivity contribution in [3.05, 3.63) is 65.2 Å². The SMILES string of the molecule is CC(C)(C)N.CCCCC(NC(=O)COc1ccc(C[C@H](OCC)C(=O)O)cc1)c1ccc(C(F)(F)F)cc1. The number of carboxylic acid groups (broad SMARTS) is 1. The number of amides is 1. The van der Waals surface area contributed by atoms with E-state index in [4.69, 9.17) is 15.2 Å². The van der Waals surface area contributed by atoms with Gasteiger partial charge in [-0.3, -0.25) is 4.79 Å². The largest absolute Gasteiger partial charge is 0.484 e. The standard InChI is InChI=1S/C25H30F3NO5.C4H11N/c1-3-5-6-21(18-9-11-19(12-10-18)25(26,27)28)29-23(30)16-34-20-13-7-17(8-14-20)15-22(24(31)32)33-4-2;1-4(2,3)5/h7-14,21-22H,3-6,15-16H2,1-2H3,(H,29,30)(H,31,32);5H2,1-3H3/t21?,22-;/m0./s1. The first-order chi connectivity index (χ1) is 18.1. The lowest BCUT2D eigenvalue weighted by Gasteiger charge is -2.20. The van der Waals surface area contributed by atoms with E-state index in [2.05, 4.69) is 5.32 Å². The van der Waals surface area contributed by atoms with Gasteiger partial charge in [-0.15, -0.1) is 0 Å². The molecule has 0 aliphatic rings. The van der Waals surface area contributed by atoms with E-state index in [9.17, 15) is 27.9 Å². The molecule has 7 nitrogen and oxygen atoms in total. The molecule has 0 spiro atoms. The summed E-state index contributed by atoms with van der Waals surface area (Å²) >= 11 is 0. The summed E-state index contributed by atoms with van der Waals surface area (Å²) in [6, 6.07) is 11.1. The van der Waals surface area contributed by atoms with Crippen LogP contribution in [0.25, 0.3) is 0 Å². The first-order valence-corrected chi connectivity index (χ1v) is 13.0. The molecule has 0 aliphatic carbocycles. The maximum Gasteiger partial charge on any atom is 0.416 e. The van der Waals surface area contributed by atoms with Crippen molar-refractivity contribution >= 4 is 11.9 Å². The van der Waals surface area contributed by atoms with E-state index in [-0.39, 0.29) is 18.6 Å². The van der Waals surface area contributed by atoms with E-state index in [1.165, 1.54) is 12.1 Å². The zero-order chi connectivity index (χ0) is 29.6. The molecule has 10 heteroatoms. The Morgan fingerprint density at radius 1 is 1.00 bits per heavy atom. The van der Waals surface area contributed by atoms with Gasteiger partial charge in [0.25, 0.3) is 5.91 Å². The van der Waals surface area contributed by atoms with Gasteiger partial charge in [-0.05, 0) is 69.5 Å². The van der Waals surface area contributed by atoms with Crippen molar-refractivity contribution in [3.8, 4) is 5.75 Å². The molecule has 0 saturated heterocycles. The van der Waals surface area contributed by atoms with Crippen molar-refractivity contribution in [2.24, 2.45) is 5.73 Å². The van der Waals surface area contributed by atoms with Gasteiger partial charge in [0.1, 0.15) is 5.75 Å². The van der Waals surface area contributed by atoms with Gasteiger partial charge in [-0.1, -0.05) is 44.0 Å². The minimum absolute atomic E-state index is 0. The molecule has 2 aromatic carbocycles. The fraction of sp³-hybridized carbons (Fsp3) is 0.517. The second-order valence-corrected chi connectivity index (χ2v) is 10.2. The number of aliphatic carboxylic acids is 1. The van der Waals surface area contributed by atoms with Gasteiger partial charge in [-0.2, -0.15) is 13.2 Å². The molecule has 0 radical (unpaired) electrons. The van der Waals surface area contributed by atoms with Crippen LogP contribution in [0.2, 0.25) is 0 Å². The van der Waals surface area contributed by atoms with Crippen LogP contribution in [0, 0.1) is 0 Å². The molecule has 39 heavy (non-hydrogen) atoms. The number of rotatable bonds is 13. The van der Waals surface area contributed by atoms with Crippen LogP contribution in [0.5, 0.6) is 5.75 Å². The highest BCUT2D eigenvalue weighted by Crippen LogP contribution is 2.30. The first kappa shape index (κ1) is 33.9. The van der Waals surface area contributed by atoms with Crippen LogP contribution in [-0.4, -0.2) is 41.8 Å². The maximum atomic E-state index is 12.8. The number of ether oxygens (including phenoxy) is 2. The molecule has 2 rings (SSSR count). The third-order valence-electron chi connectivity index (χ3n) is 5.18. The highest BCUT2D eigenvalue weighted by molar-refractivity contribution is 5.78. The van der Waals surface area contributed by atoms with Crippen molar-refractivity contribution < 1.29 is 37.3 Å². The smallest absolute Gasteiger partial charge is 0.416 e. The third kappa shape index (κ3) is 14.6. The van der Waals surface area contributed by atoms with E-state index < -0.39 is 35.8 Å². The highest BCUT2D eigenvalue weighted by Gasteiger charge is 2.30. The fourth-order valence-electron chi connectivity index (χ4n) is 3.37. The molecule has 4 N–H and O–H groups in total. The van der Waals surface area contributed by atoms with E-state index in [0.717, 1.165) is 30.5 Å². The van der Waals surface area contributed by atoms with Crippen molar-refractivity contribution in [2.45, 2.75) is 84.2 Å². The minimum atomic E-state index is -4.42. The lowest BCUT2D eigenvalue weighted by Crippen LogP contribution is -2.32. The number of hydrogen-bond acceptors (Lipinski definition) is 5. The molecule has 0 aromatic heterocycles. The average molecular weight is 555 g/mol. The number of carboxylic acids is 1. The summed E-state index contributed by atoms with van der Waals surface area (Å²) in [7, 11) is 0. The summed E-state index contributed by atoms with van der Waals surface area (Å²) in [6.45, 7) is 9.64. The molecular formula is C29H41F3N2O5. The summed E-state index contributed by atoms with van der Waals surface area (Å²) in [6.07, 6.45) is -2.88. The Kier molecular flexibility index (Phi) is 14.0. The van der Waals surface area contributed by atoms with Gasteiger partial charge < -0.3 is 25.6 Å². The molecule has 218 valence electrons. The monoisotopic (exact) mass is 554 g/mol. The van der Waals surface area contributed by atoms with Crippen LogP contribution in [0.3, 0.4) is 0 Å². The lowest BCUT2D eigenvalue weighted by atomic mass is 9.99. The van der Waals surface area contributed by atoms with Gasteiger partial charge in [0.05, 0.1) is 11.6 Å². The van der Waals surface area contributed by atoms with E-state index >= 15 is 0 Å². The number of nitrogens with one attached hydrogen (secondary N) is 1. The Balaban J connectivity index is 0.00000139. The number of halogens is 3. The van der Waals surface area contributed by atoms with Crippen molar-refractivity contribution in [1.29, 1.82) is 0 Å². The Morgan fingerprint density at radius 3 is 2.03 bits per heavy atom. The van der Waals surface area contributed by atoms with Crippen LogP contribution in [-0.2, 0) is 26.9 Å². The molecular weight excluding hydrogens is 513 g/mol. The molecule has 1 unspecified atom stereocenters. The summed E-state index contributed by atoms with van der Waals surface area (Å²) < 4.78 is 49.2. The van der Waals surface area contributed by atoms with Gasteiger partial charge in [0, 0.05) is 18.6 Å². The maximum absolute atomic E-state index is 12.8. The Bertz CT molecular complexity index is 998. The zero-order valence-electron chi connectivity index (χ0n) is 23.3. The first-order valence-electron chi connectivity index (χ1n) is 13.0. The molecule has 0 bridgehead atoms. The average Bonchev–Trinajstić information content (AvgIpc) is 2.84. The number of hydrogen-bond donors (Lipinski definition) is 3. The van der Waals surface area contributed by atoms with Gasteiger partial charge in [0.2, 0.25) is 0 Å².